The third kappa shape index (κ3) is 3.37. The van der Waals surface area contributed by atoms with Crippen molar-refractivity contribution in [1.82, 2.24) is 4.31 Å². The van der Waals surface area contributed by atoms with E-state index in [1.54, 1.807) is 7.05 Å². The molecule has 0 bridgehead atoms. The fourth-order valence-electron chi connectivity index (χ4n) is 1.56. The van der Waals surface area contributed by atoms with Gasteiger partial charge in [0.15, 0.2) is 0 Å². The van der Waals surface area contributed by atoms with Crippen LogP contribution in [0.2, 0.25) is 5.02 Å². The largest absolute Gasteiger partial charge is 0.399 e. The Morgan fingerprint density at radius 2 is 2.06 bits per heavy atom. The molecule has 0 aliphatic carbocycles. The molecule has 0 amide bonds. The molecule has 1 aromatic rings. The molecule has 0 aliphatic heterocycles. The molecule has 1 rings (SSSR count). The summed E-state index contributed by atoms with van der Waals surface area (Å²) in [7, 11) is -1.98. The maximum absolute atomic E-state index is 12.3. The molecule has 0 heterocycles. The molecule has 0 saturated carbocycles. The molecule has 0 radical (unpaired) electrons. The number of sulfonamides is 1. The minimum Gasteiger partial charge on any atom is -0.399 e. The number of nitrogens with two attached hydrogens (primary N) is 1. The van der Waals surface area contributed by atoms with Gasteiger partial charge in [-0.2, -0.15) is 0 Å². The second kappa shape index (κ2) is 5.91. The highest BCUT2D eigenvalue weighted by Gasteiger charge is 2.24. The van der Waals surface area contributed by atoms with Crippen LogP contribution in [0.3, 0.4) is 0 Å². The molecule has 1 unspecified atom stereocenters. The summed E-state index contributed by atoms with van der Waals surface area (Å²) < 4.78 is 26.0. The van der Waals surface area contributed by atoms with Gasteiger partial charge in [-0.25, -0.2) is 12.7 Å². The summed E-state index contributed by atoms with van der Waals surface area (Å²) in [5.41, 5.74) is 6.00. The lowest BCUT2D eigenvalue weighted by Crippen LogP contribution is -2.31. The monoisotopic (exact) mass is 290 g/mol. The number of hydrogen-bond donors (Lipinski definition) is 1. The van der Waals surface area contributed by atoms with Crippen LogP contribution in [0.1, 0.15) is 20.3 Å². The van der Waals surface area contributed by atoms with Crippen LogP contribution in [0.25, 0.3) is 0 Å². The number of benzene rings is 1. The van der Waals surface area contributed by atoms with E-state index in [4.69, 9.17) is 17.3 Å². The zero-order chi connectivity index (χ0) is 13.9. The third-order valence-corrected chi connectivity index (χ3v) is 5.22. The van der Waals surface area contributed by atoms with Crippen molar-refractivity contribution in [2.24, 2.45) is 5.92 Å². The molecule has 0 fully saturated rings. The highest BCUT2D eigenvalue weighted by Crippen LogP contribution is 2.26. The van der Waals surface area contributed by atoms with Gasteiger partial charge in [-0.3, -0.25) is 0 Å². The topological polar surface area (TPSA) is 63.4 Å². The summed E-state index contributed by atoms with van der Waals surface area (Å²) in [5, 5.41) is 0.158. The fraction of sp³-hybridized carbons (Fsp3) is 0.500. The van der Waals surface area contributed by atoms with Crippen LogP contribution in [0.5, 0.6) is 0 Å². The molecule has 0 spiro atoms. The lowest BCUT2D eigenvalue weighted by Gasteiger charge is -2.21. The van der Waals surface area contributed by atoms with E-state index in [2.05, 4.69) is 0 Å². The summed E-state index contributed by atoms with van der Waals surface area (Å²) >= 11 is 5.94. The Bertz CT molecular complexity index is 517. The molecule has 0 saturated heterocycles. The minimum atomic E-state index is -3.55. The Labute approximate surface area is 114 Å². The Balaban J connectivity index is 3.06. The number of anilines is 1. The SMILES string of the molecule is CCC(C)CN(C)S(=O)(=O)c1ccc(N)cc1Cl. The van der Waals surface area contributed by atoms with Crippen molar-refractivity contribution < 1.29 is 8.42 Å². The van der Waals surface area contributed by atoms with Crippen molar-refractivity contribution in [2.45, 2.75) is 25.2 Å². The molecule has 1 aromatic carbocycles. The first kappa shape index (κ1) is 15.3. The zero-order valence-electron chi connectivity index (χ0n) is 10.9. The van der Waals surface area contributed by atoms with Crippen molar-refractivity contribution in [3.05, 3.63) is 23.2 Å². The van der Waals surface area contributed by atoms with Crippen LogP contribution in [-0.4, -0.2) is 26.3 Å². The maximum Gasteiger partial charge on any atom is 0.244 e. The number of nitrogen functional groups attached to an aromatic ring is 1. The molecule has 0 aromatic heterocycles. The Morgan fingerprint density at radius 1 is 1.44 bits per heavy atom. The van der Waals surface area contributed by atoms with E-state index in [1.165, 1.54) is 22.5 Å². The lowest BCUT2D eigenvalue weighted by atomic mass is 10.1. The van der Waals surface area contributed by atoms with Gasteiger partial charge in [0.25, 0.3) is 0 Å². The second-order valence-electron chi connectivity index (χ2n) is 4.49. The summed E-state index contributed by atoms with van der Waals surface area (Å²) in [5.74, 6) is 0.303. The van der Waals surface area contributed by atoms with Crippen LogP contribution >= 0.6 is 11.6 Å². The summed E-state index contributed by atoms with van der Waals surface area (Å²) in [6.45, 7) is 4.51. The first-order chi connectivity index (χ1) is 8.28. The molecular weight excluding hydrogens is 272 g/mol. The van der Waals surface area contributed by atoms with E-state index in [9.17, 15) is 8.42 Å². The number of hydrogen-bond acceptors (Lipinski definition) is 3. The predicted octanol–water partition coefficient (Wildman–Crippen LogP) is 2.59. The van der Waals surface area contributed by atoms with Crippen LogP contribution < -0.4 is 5.73 Å². The number of rotatable bonds is 5. The average Bonchev–Trinajstić information content (AvgIpc) is 2.28. The quantitative estimate of drug-likeness (QED) is 0.848. The van der Waals surface area contributed by atoms with Crippen LogP contribution in [0.15, 0.2) is 23.1 Å². The van der Waals surface area contributed by atoms with Crippen molar-refractivity contribution in [3.63, 3.8) is 0 Å². The van der Waals surface area contributed by atoms with Crippen molar-refractivity contribution in [3.8, 4) is 0 Å². The van der Waals surface area contributed by atoms with Crippen molar-refractivity contribution in [2.75, 3.05) is 19.3 Å². The minimum absolute atomic E-state index is 0.101. The van der Waals surface area contributed by atoms with E-state index in [-0.39, 0.29) is 9.92 Å². The molecular formula is C12H19ClN2O2S. The highest BCUT2D eigenvalue weighted by atomic mass is 35.5. The molecule has 4 nitrogen and oxygen atoms in total. The van der Waals surface area contributed by atoms with Crippen LogP contribution in [0, 0.1) is 5.92 Å². The van der Waals surface area contributed by atoms with Gasteiger partial charge in [0.1, 0.15) is 4.90 Å². The first-order valence-electron chi connectivity index (χ1n) is 5.80. The van der Waals surface area contributed by atoms with E-state index in [0.29, 0.717) is 18.2 Å². The maximum atomic E-state index is 12.3. The average molecular weight is 291 g/mol. The highest BCUT2D eigenvalue weighted by molar-refractivity contribution is 7.89. The van der Waals surface area contributed by atoms with Gasteiger partial charge in [0.2, 0.25) is 10.0 Å². The lowest BCUT2D eigenvalue weighted by molar-refractivity contribution is 0.393. The van der Waals surface area contributed by atoms with Gasteiger partial charge < -0.3 is 5.73 Å². The fourth-order valence-corrected chi connectivity index (χ4v) is 3.37. The molecule has 102 valence electrons. The van der Waals surface area contributed by atoms with Gasteiger partial charge >= 0.3 is 0 Å². The van der Waals surface area contributed by atoms with Crippen molar-refractivity contribution >= 4 is 27.3 Å². The van der Waals surface area contributed by atoms with Gasteiger partial charge in [0.05, 0.1) is 5.02 Å². The third-order valence-electron chi connectivity index (χ3n) is 2.91. The van der Waals surface area contributed by atoms with Crippen LogP contribution in [0.4, 0.5) is 5.69 Å². The summed E-state index contributed by atoms with van der Waals surface area (Å²) in [4.78, 5) is 0.101. The predicted molar refractivity (Wildman–Crippen MR) is 75.1 cm³/mol. The Hall–Kier alpha value is -0.780. The molecule has 1 atom stereocenters. The van der Waals surface area contributed by atoms with Crippen LogP contribution in [-0.2, 0) is 10.0 Å². The van der Waals surface area contributed by atoms with Gasteiger partial charge in [-0.05, 0) is 24.1 Å². The number of halogens is 1. The first-order valence-corrected chi connectivity index (χ1v) is 7.62. The normalized spacial score (nSPS) is 13.8. The molecule has 0 aliphatic rings. The summed E-state index contributed by atoms with van der Waals surface area (Å²) in [6, 6.07) is 4.43. The van der Waals surface area contributed by atoms with Crippen molar-refractivity contribution in [1.29, 1.82) is 0 Å². The zero-order valence-corrected chi connectivity index (χ0v) is 12.4. The van der Waals surface area contributed by atoms with E-state index in [0.717, 1.165) is 6.42 Å². The number of nitrogens with zero attached hydrogens (tertiary/aromatic N) is 1. The second-order valence-corrected chi connectivity index (χ2v) is 6.91. The smallest absolute Gasteiger partial charge is 0.244 e. The summed E-state index contributed by atoms with van der Waals surface area (Å²) in [6.07, 6.45) is 0.926. The standard InChI is InChI=1S/C12H19ClN2O2S/c1-4-9(2)8-15(3)18(16,17)12-6-5-10(14)7-11(12)13/h5-7,9H,4,8,14H2,1-3H3. The van der Waals surface area contributed by atoms with Gasteiger partial charge in [0, 0.05) is 19.3 Å². The Morgan fingerprint density at radius 3 is 2.56 bits per heavy atom. The Kier molecular flexibility index (Phi) is 5.01. The van der Waals surface area contributed by atoms with Gasteiger partial charge in [-0.1, -0.05) is 31.9 Å². The van der Waals surface area contributed by atoms with Gasteiger partial charge in [-0.15, -0.1) is 0 Å². The van der Waals surface area contributed by atoms with E-state index < -0.39 is 10.0 Å². The van der Waals surface area contributed by atoms with E-state index >= 15 is 0 Å². The molecule has 6 heteroatoms. The molecule has 18 heavy (non-hydrogen) atoms. The van der Waals surface area contributed by atoms with E-state index in [1.807, 2.05) is 13.8 Å². The molecule has 2 N–H and O–H groups in total.